The van der Waals surface area contributed by atoms with Crippen LogP contribution < -0.4 is 14.3 Å². The quantitative estimate of drug-likeness (QED) is 0.274. The molecule has 0 radical (unpaired) electrons. The average molecular weight is 546 g/mol. The second kappa shape index (κ2) is 13.0. The van der Waals surface area contributed by atoms with Crippen LogP contribution in [0.4, 0.5) is 0 Å². The Labute approximate surface area is 222 Å². The van der Waals surface area contributed by atoms with Crippen molar-refractivity contribution in [2.75, 3.05) is 27.3 Å². The number of amides is 1. The Morgan fingerprint density at radius 3 is 2.19 bits per heavy atom. The highest BCUT2D eigenvalue weighted by Crippen LogP contribution is 2.33. The highest BCUT2D eigenvalue weighted by Gasteiger charge is 2.24. The van der Waals surface area contributed by atoms with E-state index in [0.717, 1.165) is 35.9 Å². The van der Waals surface area contributed by atoms with Gasteiger partial charge >= 0.3 is 0 Å². The van der Waals surface area contributed by atoms with Gasteiger partial charge < -0.3 is 14.0 Å². The van der Waals surface area contributed by atoms with Crippen molar-refractivity contribution in [3.63, 3.8) is 0 Å². The molecule has 1 aromatic heterocycles. The second-order valence-corrected chi connectivity index (χ2v) is 11.5. The number of hydrogen-bond donors (Lipinski definition) is 0. The molecule has 200 valence electrons. The van der Waals surface area contributed by atoms with E-state index in [2.05, 4.69) is 11.6 Å². The molecule has 0 aliphatic heterocycles. The van der Waals surface area contributed by atoms with Crippen molar-refractivity contribution in [1.82, 2.24) is 8.87 Å². The number of rotatable bonds is 13. The van der Waals surface area contributed by atoms with Gasteiger partial charge in [0.05, 0.1) is 29.3 Å². The average Bonchev–Trinajstić information content (AvgIpc) is 3.23. The molecule has 1 heterocycles. The van der Waals surface area contributed by atoms with Crippen molar-refractivity contribution < 1.29 is 22.7 Å². The Morgan fingerprint density at radius 1 is 1.05 bits per heavy atom. The van der Waals surface area contributed by atoms with E-state index in [0.29, 0.717) is 41.5 Å². The fourth-order valence-electron chi connectivity index (χ4n) is 3.88. The van der Waals surface area contributed by atoms with E-state index < -0.39 is 15.9 Å². The second-order valence-electron chi connectivity index (χ2n) is 8.51. The fraction of sp³-hybridized carbons (Fsp3) is 0.407. The largest absolute Gasteiger partial charge is 0.493 e. The van der Waals surface area contributed by atoms with E-state index in [1.165, 1.54) is 35.6 Å². The monoisotopic (exact) mass is 545 g/mol. The zero-order valence-electron chi connectivity index (χ0n) is 21.9. The highest BCUT2D eigenvalue weighted by molar-refractivity contribution is 7.89. The number of ether oxygens (including phenoxy) is 2. The van der Waals surface area contributed by atoms with Gasteiger partial charge in [0.25, 0.3) is 5.91 Å². The van der Waals surface area contributed by atoms with E-state index in [9.17, 15) is 13.2 Å². The van der Waals surface area contributed by atoms with Crippen LogP contribution in [0.3, 0.4) is 0 Å². The van der Waals surface area contributed by atoms with Crippen molar-refractivity contribution in [3.8, 4) is 11.5 Å². The van der Waals surface area contributed by atoms with Gasteiger partial charge in [-0.1, -0.05) is 44.1 Å². The number of thiazole rings is 1. The van der Waals surface area contributed by atoms with E-state index in [1.54, 1.807) is 24.6 Å². The van der Waals surface area contributed by atoms with Crippen LogP contribution in [0.25, 0.3) is 10.2 Å². The highest BCUT2D eigenvalue weighted by atomic mass is 32.2. The minimum absolute atomic E-state index is 0.180. The molecule has 8 nitrogen and oxygen atoms in total. The van der Waals surface area contributed by atoms with Gasteiger partial charge in [0, 0.05) is 37.3 Å². The minimum Gasteiger partial charge on any atom is -0.493 e. The summed E-state index contributed by atoms with van der Waals surface area (Å²) in [7, 11) is -0.498. The summed E-state index contributed by atoms with van der Waals surface area (Å²) in [6.45, 7) is 9.32. The molecular weight excluding hydrogens is 510 g/mol. The Kier molecular flexibility index (Phi) is 10.1. The van der Waals surface area contributed by atoms with Crippen LogP contribution in [0.2, 0.25) is 0 Å². The Bertz CT molecular complexity index is 1400. The third kappa shape index (κ3) is 6.49. The third-order valence-electron chi connectivity index (χ3n) is 5.96. The minimum atomic E-state index is -3.64. The Balaban J connectivity index is 1.96. The van der Waals surface area contributed by atoms with Gasteiger partial charge in [-0.05, 0) is 37.1 Å². The maximum absolute atomic E-state index is 13.2. The molecule has 0 aliphatic carbocycles. The molecule has 1 amide bonds. The Morgan fingerprint density at radius 2 is 1.65 bits per heavy atom. The maximum Gasteiger partial charge on any atom is 0.279 e. The topological polar surface area (TPSA) is 90.2 Å². The van der Waals surface area contributed by atoms with Gasteiger partial charge in [0.2, 0.25) is 10.0 Å². The predicted molar refractivity (Wildman–Crippen MR) is 148 cm³/mol. The lowest BCUT2D eigenvalue weighted by molar-refractivity contribution is 0.0997. The molecule has 0 saturated carbocycles. The van der Waals surface area contributed by atoms with Gasteiger partial charge in [-0.15, -0.1) is 6.58 Å². The van der Waals surface area contributed by atoms with Gasteiger partial charge in [-0.25, -0.2) is 8.42 Å². The van der Waals surface area contributed by atoms with Crippen LogP contribution >= 0.6 is 11.3 Å². The van der Waals surface area contributed by atoms with Crippen molar-refractivity contribution >= 4 is 37.5 Å². The normalized spacial score (nSPS) is 12.3. The van der Waals surface area contributed by atoms with Crippen LogP contribution in [-0.2, 0) is 16.6 Å². The first-order valence-electron chi connectivity index (χ1n) is 12.4. The van der Waals surface area contributed by atoms with Gasteiger partial charge in [0.1, 0.15) is 0 Å². The molecule has 3 aromatic rings. The van der Waals surface area contributed by atoms with Crippen molar-refractivity contribution in [3.05, 3.63) is 59.4 Å². The molecule has 0 atom stereocenters. The number of aromatic nitrogens is 1. The number of nitrogens with zero attached hydrogens (tertiary/aromatic N) is 3. The molecule has 0 unspecified atom stereocenters. The summed E-state index contributed by atoms with van der Waals surface area (Å²) in [5, 5.41) is 0. The number of allylic oxidation sites excluding steroid dienone is 1. The molecule has 0 aliphatic rings. The summed E-state index contributed by atoms with van der Waals surface area (Å²) in [6.07, 6.45) is 5.16. The lowest BCUT2D eigenvalue weighted by atomic mass is 10.2. The van der Waals surface area contributed by atoms with Crippen LogP contribution in [0.5, 0.6) is 11.5 Å². The first-order chi connectivity index (χ1) is 17.8. The summed E-state index contributed by atoms with van der Waals surface area (Å²) in [6, 6.07) is 9.72. The molecule has 10 heteroatoms. The van der Waals surface area contributed by atoms with Crippen LogP contribution in [0.15, 0.2) is 58.9 Å². The number of benzene rings is 2. The lowest BCUT2D eigenvalue weighted by Gasteiger charge is -2.22. The molecule has 2 aromatic carbocycles. The van der Waals surface area contributed by atoms with Gasteiger partial charge in [-0.3, -0.25) is 4.79 Å². The summed E-state index contributed by atoms with van der Waals surface area (Å²) >= 11 is 1.35. The molecule has 0 spiro atoms. The first kappa shape index (κ1) is 28.6. The van der Waals surface area contributed by atoms with Crippen molar-refractivity contribution in [2.45, 2.75) is 51.0 Å². The number of fused-ring (bicyclic) bond motifs is 1. The van der Waals surface area contributed by atoms with Crippen LogP contribution in [0.1, 0.15) is 49.9 Å². The van der Waals surface area contributed by atoms with Crippen molar-refractivity contribution in [2.24, 2.45) is 4.99 Å². The molecular formula is C27H35N3O5S2. The number of carbonyl (C=O) groups excluding carboxylic acids is 1. The molecule has 0 fully saturated rings. The molecule has 3 rings (SSSR count). The zero-order chi connectivity index (χ0) is 27.0. The number of sulfonamides is 1. The summed E-state index contributed by atoms with van der Waals surface area (Å²) < 4.78 is 41.6. The summed E-state index contributed by atoms with van der Waals surface area (Å²) in [4.78, 5) is 18.1. The summed E-state index contributed by atoms with van der Waals surface area (Å²) in [5.41, 5.74) is 1.15. The zero-order valence-corrected chi connectivity index (χ0v) is 23.5. The van der Waals surface area contributed by atoms with E-state index in [4.69, 9.17) is 9.47 Å². The predicted octanol–water partition coefficient (Wildman–Crippen LogP) is 5.24. The van der Waals surface area contributed by atoms with Crippen molar-refractivity contribution in [1.29, 1.82) is 0 Å². The molecule has 37 heavy (non-hydrogen) atoms. The number of methoxy groups -OCH3 is 2. The third-order valence-corrected chi connectivity index (χ3v) is 8.91. The van der Waals surface area contributed by atoms with Gasteiger partial charge in [0.15, 0.2) is 16.3 Å². The molecule has 0 N–H and O–H groups in total. The fourth-order valence-corrected chi connectivity index (χ4v) is 6.44. The standard InChI is InChI=1S/C27H35N3O5S2/c1-6-9-16-29(17-10-7-2)37(32,33)21-13-11-20(12-14-21)26(31)28-27-30(15-8-3)22-18-23(34-4)24(35-5)19-25(22)36-27/h8,11-14,18-19H,3,6-7,9-10,15-17H2,1-2,4-5H3. The SMILES string of the molecule is C=CCn1c(=NC(=O)c2ccc(S(=O)(=O)N(CCCC)CCCC)cc2)sc2cc(OC)c(OC)cc21. The number of hydrogen-bond acceptors (Lipinski definition) is 6. The smallest absolute Gasteiger partial charge is 0.279 e. The lowest BCUT2D eigenvalue weighted by Crippen LogP contribution is -2.33. The van der Waals surface area contributed by atoms with Gasteiger partial charge in [-0.2, -0.15) is 9.30 Å². The van der Waals surface area contributed by atoms with E-state index in [-0.39, 0.29) is 4.90 Å². The van der Waals surface area contributed by atoms with Crippen LogP contribution in [-0.4, -0.2) is 50.5 Å². The molecule has 0 saturated heterocycles. The Hall–Kier alpha value is -2.95. The molecule has 0 bridgehead atoms. The summed E-state index contributed by atoms with van der Waals surface area (Å²) in [5.74, 6) is 0.705. The van der Waals surface area contributed by atoms with E-state index >= 15 is 0 Å². The first-order valence-corrected chi connectivity index (χ1v) is 14.6. The van der Waals surface area contributed by atoms with Crippen LogP contribution in [0, 0.1) is 0 Å². The maximum atomic E-state index is 13.2. The van der Waals surface area contributed by atoms with E-state index in [1.807, 2.05) is 30.5 Å². The number of unbranched alkanes of at least 4 members (excludes halogenated alkanes) is 2. The number of carbonyl (C=O) groups is 1.